The van der Waals surface area contributed by atoms with Crippen LogP contribution in [0.2, 0.25) is 0 Å². The van der Waals surface area contributed by atoms with Gasteiger partial charge < -0.3 is 4.42 Å². The molecular formula is C20H13BrN2O2. The molecule has 1 amide bonds. The van der Waals surface area contributed by atoms with Gasteiger partial charge in [0.2, 0.25) is 0 Å². The molecule has 0 saturated carbocycles. The van der Waals surface area contributed by atoms with Crippen LogP contribution in [0.1, 0.15) is 16.1 Å². The molecule has 0 saturated heterocycles. The van der Waals surface area contributed by atoms with Gasteiger partial charge in [0.25, 0.3) is 0 Å². The molecule has 122 valence electrons. The number of furan rings is 1. The number of amides is 1. The van der Waals surface area contributed by atoms with E-state index in [4.69, 9.17) is 4.42 Å². The van der Waals surface area contributed by atoms with Gasteiger partial charge >= 0.3 is 5.91 Å². The maximum Gasteiger partial charge on any atom is 0.307 e. The maximum absolute atomic E-state index is 12.3. The summed E-state index contributed by atoms with van der Waals surface area (Å²) < 4.78 is 6.62. The third kappa shape index (κ3) is 3.19. The van der Waals surface area contributed by atoms with Crippen LogP contribution in [-0.4, -0.2) is 12.1 Å². The smallest absolute Gasteiger partial charge is 0.307 e. The molecular weight excluding hydrogens is 380 g/mol. The van der Waals surface area contributed by atoms with E-state index in [0.717, 1.165) is 26.2 Å². The van der Waals surface area contributed by atoms with Crippen molar-refractivity contribution in [1.82, 2.24) is 5.43 Å². The number of nitrogens with zero attached hydrogens (tertiary/aromatic N) is 1. The van der Waals surface area contributed by atoms with Crippen molar-refractivity contribution in [2.75, 3.05) is 0 Å². The van der Waals surface area contributed by atoms with Gasteiger partial charge in [-0.3, -0.25) is 4.79 Å². The van der Waals surface area contributed by atoms with Crippen molar-refractivity contribution in [2.45, 2.75) is 0 Å². The van der Waals surface area contributed by atoms with Gasteiger partial charge in [-0.05, 0) is 40.6 Å². The summed E-state index contributed by atoms with van der Waals surface area (Å²) in [6, 6.07) is 21.2. The molecule has 0 aliphatic heterocycles. The number of carbonyl (C=O) groups excluding carboxylic acids is 1. The molecule has 1 heterocycles. The highest BCUT2D eigenvalue weighted by molar-refractivity contribution is 9.10. The molecule has 5 heteroatoms. The summed E-state index contributed by atoms with van der Waals surface area (Å²) in [5.74, 6) is -0.149. The molecule has 1 aromatic heterocycles. The van der Waals surface area contributed by atoms with E-state index in [0.29, 0.717) is 5.58 Å². The van der Waals surface area contributed by atoms with Gasteiger partial charge in [-0.15, -0.1) is 0 Å². The van der Waals surface area contributed by atoms with Crippen molar-refractivity contribution in [1.29, 1.82) is 0 Å². The highest BCUT2D eigenvalue weighted by Gasteiger charge is 2.13. The standard InChI is InChI=1S/C20H13BrN2O2/c21-15-6-3-4-13(10-15)12-22-23-20(24)19-11-17-16-7-2-1-5-14(16)8-9-18(17)25-19/h1-12H,(H,23,24). The number of benzene rings is 3. The average Bonchev–Trinajstić information content (AvgIpc) is 3.07. The number of halogens is 1. The van der Waals surface area contributed by atoms with E-state index in [9.17, 15) is 4.79 Å². The third-order valence-electron chi connectivity index (χ3n) is 3.88. The van der Waals surface area contributed by atoms with Gasteiger partial charge in [0.1, 0.15) is 5.58 Å². The lowest BCUT2D eigenvalue weighted by molar-refractivity contribution is 0.0929. The molecule has 4 rings (SSSR count). The first kappa shape index (κ1) is 15.6. The summed E-state index contributed by atoms with van der Waals surface area (Å²) in [6.45, 7) is 0. The summed E-state index contributed by atoms with van der Waals surface area (Å²) in [5, 5.41) is 7.06. The Kier molecular flexibility index (Phi) is 4.07. The van der Waals surface area contributed by atoms with Crippen molar-refractivity contribution in [3.8, 4) is 0 Å². The van der Waals surface area contributed by atoms with E-state index < -0.39 is 0 Å². The predicted octanol–water partition coefficient (Wildman–Crippen LogP) is 5.11. The zero-order valence-corrected chi connectivity index (χ0v) is 14.7. The zero-order valence-electron chi connectivity index (χ0n) is 13.1. The van der Waals surface area contributed by atoms with Gasteiger partial charge in [-0.2, -0.15) is 5.10 Å². The van der Waals surface area contributed by atoms with Crippen molar-refractivity contribution in [2.24, 2.45) is 5.10 Å². The molecule has 0 aliphatic rings. The van der Waals surface area contributed by atoms with Gasteiger partial charge in [0, 0.05) is 9.86 Å². The van der Waals surface area contributed by atoms with E-state index in [1.54, 1.807) is 12.3 Å². The van der Waals surface area contributed by atoms with Gasteiger partial charge in [0.15, 0.2) is 5.76 Å². The first-order valence-corrected chi connectivity index (χ1v) is 8.50. The Morgan fingerprint density at radius 1 is 1.00 bits per heavy atom. The Morgan fingerprint density at radius 3 is 2.76 bits per heavy atom. The molecule has 0 bridgehead atoms. The van der Waals surface area contributed by atoms with Crippen LogP contribution >= 0.6 is 15.9 Å². The van der Waals surface area contributed by atoms with Crippen LogP contribution in [0.4, 0.5) is 0 Å². The molecule has 25 heavy (non-hydrogen) atoms. The SMILES string of the molecule is O=C(NN=Cc1cccc(Br)c1)c1cc2c(ccc3ccccc32)o1. The average molecular weight is 393 g/mol. The summed E-state index contributed by atoms with van der Waals surface area (Å²) in [5.41, 5.74) is 4.06. The Morgan fingerprint density at radius 2 is 1.88 bits per heavy atom. The van der Waals surface area contributed by atoms with Crippen molar-refractivity contribution in [3.63, 3.8) is 0 Å². The Bertz CT molecular complexity index is 1120. The lowest BCUT2D eigenvalue weighted by Crippen LogP contribution is -2.16. The van der Waals surface area contributed by atoms with Crippen LogP contribution in [0.25, 0.3) is 21.7 Å². The van der Waals surface area contributed by atoms with Crippen molar-refractivity contribution < 1.29 is 9.21 Å². The predicted molar refractivity (Wildman–Crippen MR) is 103 cm³/mol. The fourth-order valence-corrected chi connectivity index (χ4v) is 3.13. The number of hydrogen-bond donors (Lipinski definition) is 1. The van der Waals surface area contributed by atoms with Crippen LogP contribution in [0.15, 0.2) is 80.7 Å². The minimum absolute atomic E-state index is 0.234. The molecule has 0 spiro atoms. The van der Waals surface area contributed by atoms with E-state index in [-0.39, 0.29) is 11.7 Å². The molecule has 1 N–H and O–H groups in total. The molecule has 3 aromatic carbocycles. The summed E-state index contributed by atoms with van der Waals surface area (Å²) in [6.07, 6.45) is 1.58. The second-order valence-electron chi connectivity index (χ2n) is 5.56. The number of hydrazone groups is 1. The highest BCUT2D eigenvalue weighted by atomic mass is 79.9. The first-order chi connectivity index (χ1) is 12.2. The van der Waals surface area contributed by atoms with Gasteiger partial charge in [-0.1, -0.05) is 58.4 Å². The summed E-state index contributed by atoms with van der Waals surface area (Å²) >= 11 is 3.39. The normalized spacial score (nSPS) is 11.4. The monoisotopic (exact) mass is 392 g/mol. The third-order valence-corrected chi connectivity index (χ3v) is 4.37. The van der Waals surface area contributed by atoms with Crippen LogP contribution in [0.3, 0.4) is 0 Å². The zero-order chi connectivity index (χ0) is 17.2. The molecule has 0 unspecified atom stereocenters. The number of hydrogen-bond acceptors (Lipinski definition) is 3. The molecule has 4 nitrogen and oxygen atoms in total. The second kappa shape index (κ2) is 6.53. The van der Waals surface area contributed by atoms with Crippen LogP contribution in [-0.2, 0) is 0 Å². The second-order valence-corrected chi connectivity index (χ2v) is 6.48. The Balaban J connectivity index is 1.59. The maximum atomic E-state index is 12.3. The Labute approximate surface area is 152 Å². The lowest BCUT2D eigenvalue weighted by atomic mass is 10.1. The molecule has 0 aliphatic carbocycles. The summed E-state index contributed by atoms with van der Waals surface area (Å²) in [7, 11) is 0. The van der Waals surface area contributed by atoms with Crippen molar-refractivity contribution in [3.05, 3.63) is 82.5 Å². The van der Waals surface area contributed by atoms with E-state index >= 15 is 0 Å². The van der Waals surface area contributed by atoms with Gasteiger partial charge in [0.05, 0.1) is 6.21 Å². The minimum Gasteiger partial charge on any atom is -0.451 e. The number of fused-ring (bicyclic) bond motifs is 3. The first-order valence-electron chi connectivity index (χ1n) is 7.71. The van der Waals surface area contributed by atoms with E-state index in [1.807, 2.05) is 60.7 Å². The molecule has 0 atom stereocenters. The number of carbonyl (C=O) groups is 1. The topological polar surface area (TPSA) is 54.6 Å². The number of rotatable bonds is 3. The Hall–Kier alpha value is -2.92. The van der Waals surface area contributed by atoms with Crippen LogP contribution in [0.5, 0.6) is 0 Å². The largest absolute Gasteiger partial charge is 0.451 e. The fourth-order valence-electron chi connectivity index (χ4n) is 2.71. The molecule has 4 aromatic rings. The van der Waals surface area contributed by atoms with Gasteiger partial charge in [-0.25, -0.2) is 5.43 Å². The van der Waals surface area contributed by atoms with Crippen LogP contribution in [0, 0.1) is 0 Å². The lowest BCUT2D eigenvalue weighted by Gasteiger charge is -1.96. The van der Waals surface area contributed by atoms with Crippen LogP contribution < -0.4 is 5.43 Å². The van der Waals surface area contributed by atoms with E-state index in [1.165, 1.54) is 0 Å². The molecule has 0 radical (unpaired) electrons. The highest BCUT2D eigenvalue weighted by Crippen LogP contribution is 2.28. The number of nitrogens with one attached hydrogen (secondary N) is 1. The molecule has 0 fully saturated rings. The fraction of sp³-hybridized carbons (Fsp3) is 0. The quantitative estimate of drug-likeness (QED) is 0.388. The minimum atomic E-state index is -0.383. The van der Waals surface area contributed by atoms with Crippen molar-refractivity contribution >= 4 is 49.8 Å². The summed E-state index contributed by atoms with van der Waals surface area (Å²) in [4.78, 5) is 12.3. The van der Waals surface area contributed by atoms with E-state index in [2.05, 4.69) is 26.5 Å².